The molecule has 4 aromatic carbocycles. The minimum Gasteiger partial charge on any atom is -0.0647 e. The van der Waals surface area contributed by atoms with E-state index in [9.17, 15) is 0 Å². The Bertz CT molecular complexity index is 1540. The number of hydrogen-bond acceptors (Lipinski definition) is 0. The molecule has 0 spiro atoms. The molecule has 0 N–H and O–H groups in total. The van der Waals surface area contributed by atoms with Gasteiger partial charge in [-0.3, -0.25) is 0 Å². The smallest absolute Gasteiger partial charge is 0.0287 e. The van der Waals surface area contributed by atoms with Crippen LogP contribution in [-0.2, 0) is 6.42 Å². The molecule has 156 valence electrons. The van der Waals surface area contributed by atoms with E-state index in [1.54, 1.807) is 5.56 Å². The zero-order chi connectivity index (χ0) is 21.7. The molecular weight excluding hydrogens is 384 g/mol. The van der Waals surface area contributed by atoms with E-state index >= 15 is 0 Å². The molecule has 0 heterocycles. The lowest BCUT2D eigenvalue weighted by Gasteiger charge is -2.29. The van der Waals surface area contributed by atoms with Crippen LogP contribution in [0.15, 0.2) is 91.0 Å². The quantitative estimate of drug-likeness (QED) is 0.379. The summed E-state index contributed by atoms with van der Waals surface area (Å²) in [4.78, 5) is 0. The number of fused-ring (bicyclic) bond motifs is 4. The Morgan fingerprint density at radius 2 is 1.41 bits per heavy atom. The van der Waals surface area contributed by atoms with E-state index in [4.69, 9.17) is 0 Å². The summed E-state index contributed by atoms with van der Waals surface area (Å²) in [5.74, 6) is 0.860. The Labute approximate surface area is 189 Å². The van der Waals surface area contributed by atoms with Gasteiger partial charge in [-0.05, 0) is 79.9 Å². The van der Waals surface area contributed by atoms with Gasteiger partial charge in [0.2, 0.25) is 0 Å². The molecule has 6 rings (SSSR count). The van der Waals surface area contributed by atoms with Gasteiger partial charge in [-0.2, -0.15) is 0 Å². The van der Waals surface area contributed by atoms with Gasteiger partial charge in [0.25, 0.3) is 0 Å². The zero-order valence-corrected chi connectivity index (χ0v) is 18.8. The summed E-state index contributed by atoms with van der Waals surface area (Å²) in [6, 6.07) is 33.6. The van der Waals surface area contributed by atoms with E-state index in [2.05, 4.69) is 111 Å². The standard InChI is InChI=1S/C32H28/c1-21-10-6-8-14-25(21)31-22(2)16-17-29-28(31)19-18-27-26-15-9-7-13-24(26)20-30(32(27)29)23-11-4-3-5-12-23/h3-15,18-20,22,30H,16-17H2,1-2H3. The van der Waals surface area contributed by atoms with E-state index in [-0.39, 0.29) is 0 Å². The van der Waals surface area contributed by atoms with E-state index in [1.807, 2.05) is 0 Å². The molecule has 2 atom stereocenters. The topological polar surface area (TPSA) is 0 Å². The molecule has 0 nitrogen and oxygen atoms in total. The highest BCUT2D eigenvalue weighted by Crippen LogP contribution is 2.36. The molecule has 0 bridgehead atoms. The summed E-state index contributed by atoms with van der Waals surface area (Å²) in [7, 11) is 0. The third kappa shape index (κ3) is 2.98. The summed E-state index contributed by atoms with van der Waals surface area (Å²) in [6.45, 7) is 4.65. The normalized spacial score (nSPS) is 18.9. The lowest BCUT2D eigenvalue weighted by atomic mass is 9.75. The second-order valence-corrected chi connectivity index (χ2v) is 9.36. The van der Waals surface area contributed by atoms with Gasteiger partial charge in [-0.1, -0.05) is 104 Å². The predicted octanol–water partition coefficient (Wildman–Crippen LogP) is 5.99. The van der Waals surface area contributed by atoms with Crippen molar-refractivity contribution in [2.45, 2.75) is 32.6 Å². The monoisotopic (exact) mass is 412 g/mol. The number of rotatable bonds is 2. The predicted molar refractivity (Wildman–Crippen MR) is 134 cm³/mol. The van der Waals surface area contributed by atoms with Gasteiger partial charge < -0.3 is 0 Å². The maximum Gasteiger partial charge on any atom is 0.0287 e. The summed E-state index contributed by atoms with van der Waals surface area (Å²) in [5.41, 5.74) is 8.77. The Balaban J connectivity index is 1.77. The highest BCUT2D eigenvalue weighted by atomic mass is 14.3. The van der Waals surface area contributed by atoms with Crippen LogP contribution in [0.4, 0.5) is 0 Å². The summed E-state index contributed by atoms with van der Waals surface area (Å²) >= 11 is 0. The van der Waals surface area contributed by atoms with Crippen LogP contribution < -0.4 is 10.4 Å². The van der Waals surface area contributed by atoms with Gasteiger partial charge in [-0.15, -0.1) is 0 Å². The van der Waals surface area contributed by atoms with Gasteiger partial charge >= 0.3 is 0 Å². The average molecular weight is 413 g/mol. The van der Waals surface area contributed by atoms with Crippen LogP contribution in [-0.4, -0.2) is 0 Å². The first kappa shape index (κ1) is 19.3. The maximum absolute atomic E-state index is 2.48. The van der Waals surface area contributed by atoms with Crippen molar-refractivity contribution < 1.29 is 0 Å². The molecule has 4 aromatic rings. The lowest BCUT2D eigenvalue weighted by molar-refractivity contribution is 0.637. The van der Waals surface area contributed by atoms with Gasteiger partial charge in [-0.25, -0.2) is 0 Å². The molecule has 0 radical (unpaired) electrons. The van der Waals surface area contributed by atoms with Crippen molar-refractivity contribution in [3.8, 4) is 0 Å². The van der Waals surface area contributed by atoms with Gasteiger partial charge in [0.05, 0.1) is 0 Å². The van der Waals surface area contributed by atoms with Gasteiger partial charge in [0, 0.05) is 5.92 Å². The van der Waals surface area contributed by atoms with E-state index in [0.717, 1.165) is 6.42 Å². The molecule has 2 aliphatic carbocycles. The van der Waals surface area contributed by atoms with Crippen LogP contribution in [0.25, 0.3) is 11.6 Å². The number of hydrogen-bond donors (Lipinski definition) is 0. The van der Waals surface area contributed by atoms with Crippen LogP contribution >= 0.6 is 0 Å². The van der Waals surface area contributed by atoms with Crippen molar-refractivity contribution in [2.24, 2.45) is 5.92 Å². The van der Waals surface area contributed by atoms with Crippen LogP contribution in [0.5, 0.6) is 0 Å². The largest absolute Gasteiger partial charge is 0.0647 e. The van der Waals surface area contributed by atoms with Crippen LogP contribution in [0.2, 0.25) is 0 Å². The third-order valence-electron chi connectivity index (χ3n) is 7.47. The highest BCUT2D eigenvalue weighted by Gasteiger charge is 2.26. The summed E-state index contributed by atoms with van der Waals surface area (Å²) in [6.07, 6.45) is 4.84. The van der Waals surface area contributed by atoms with Crippen LogP contribution in [0, 0.1) is 23.3 Å². The first-order valence-corrected chi connectivity index (χ1v) is 11.8. The molecule has 0 saturated carbocycles. The third-order valence-corrected chi connectivity index (χ3v) is 7.47. The van der Waals surface area contributed by atoms with Crippen molar-refractivity contribution >= 4 is 11.6 Å². The average Bonchev–Trinajstić information content (AvgIpc) is 2.84. The summed E-state index contributed by atoms with van der Waals surface area (Å²) < 4.78 is 0. The second-order valence-electron chi connectivity index (χ2n) is 9.36. The summed E-state index contributed by atoms with van der Waals surface area (Å²) in [5, 5.41) is 5.59. The van der Waals surface area contributed by atoms with Crippen molar-refractivity contribution in [1.29, 1.82) is 0 Å². The fourth-order valence-corrected chi connectivity index (χ4v) is 5.91. The molecule has 2 unspecified atom stereocenters. The van der Waals surface area contributed by atoms with Crippen LogP contribution in [0.1, 0.15) is 47.1 Å². The molecule has 0 saturated heterocycles. The molecule has 0 fully saturated rings. The van der Waals surface area contributed by atoms with Crippen LogP contribution in [0.3, 0.4) is 0 Å². The molecule has 32 heavy (non-hydrogen) atoms. The lowest BCUT2D eigenvalue weighted by Crippen LogP contribution is -2.28. The molecule has 0 amide bonds. The zero-order valence-electron chi connectivity index (χ0n) is 18.8. The molecule has 0 aliphatic heterocycles. The first-order chi connectivity index (χ1) is 15.7. The second kappa shape index (κ2) is 7.64. The Morgan fingerprint density at radius 1 is 0.688 bits per heavy atom. The molecule has 0 heteroatoms. The highest BCUT2D eigenvalue weighted by molar-refractivity contribution is 5.72. The van der Waals surface area contributed by atoms with Crippen molar-refractivity contribution in [3.63, 3.8) is 0 Å². The molecular formula is C32H28. The van der Waals surface area contributed by atoms with E-state index < -0.39 is 0 Å². The minimum absolute atomic E-state index is 0.294. The van der Waals surface area contributed by atoms with Crippen molar-refractivity contribution in [3.05, 3.63) is 140 Å². The van der Waals surface area contributed by atoms with Gasteiger partial charge in [0.15, 0.2) is 0 Å². The molecule has 0 aromatic heterocycles. The van der Waals surface area contributed by atoms with E-state index in [1.165, 1.54) is 55.1 Å². The fourth-order valence-electron chi connectivity index (χ4n) is 5.91. The minimum atomic E-state index is 0.294. The van der Waals surface area contributed by atoms with Gasteiger partial charge in [0.1, 0.15) is 0 Å². The van der Waals surface area contributed by atoms with E-state index in [0.29, 0.717) is 11.8 Å². The van der Waals surface area contributed by atoms with Crippen molar-refractivity contribution in [1.82, 2.24) is 0 Å². The Morgan fingerprint density at radius 3 is 2.25 bits per heavy atom. The Kier molecular flexibility index (Phi) is 4.61. The Hall–Kier alpha value is -3.38. The number of benzene rings is 4. The first-order valence-electron chi connectivity index (χ1n) is 11.8. The van der Waals surface area contributed by atoms with Crippen molar-refractivity contribution in [2.75, 3.05) is 0 Å². The number of aryl methyl sites for hydroxylation is 1. The molecule has 2 aliphatic rings. The maximum atomic E-state index is 2.48. The fraction of sp³-hybridized carbons (Fsp3) is 0.188. The SMILES string of the molecule is Cc1ccccc1C1=c2ccc3c(c2CCC1C)C(c1ccccc1)C=c1ccccc1=3.